The Morgan fingerprint density at radius 3 is 1.85 bits per heavy atom. The zero-order valence-electron chi connectivity index (χ0n) is 25.7. The molecule has 0 radical (unpaired) electrons. The van der Waals surface area contributed by atoms with E-state index in [2.05, 4.69) is 27.3 Å². The summed E-state index contributed by atoms with van der Waals surface area (Å²) in [6.07, 6.45) is -4.31. The third kappa shape index (κ3) is 6.53. The monoisotopic (exact) mass is 736 g/mol. The molecule has 4 aromatic carbocycles. The van der Waals surface area contributed by atoms with E-state index in [1.807, 2.05) is 91.0 Å². The first kappa shape index (κ1) is 33.9. The Morgan fingerprint density at radius 2 is 1.40 bits per heavy atom. The molecule has 0 spiro atoms. The summed E-state index contributed by atoms with van der Waals surface area (Å²) >= 11 is 3.02. The van der Waals surface area contributed by atoms with Crippen LogP contribution in [0.25, 0.3) is 0 Å². The SMILES string of the molecule is N#CC1(NC(=O)[C@@H]2C[C@@H](S(=O)(=O)c3ccc(Br)cc3C(F)(F)F)C[C@H]2COC(c2ccccc2)(c2ccccc2)c2ccccc2)CC1. The minimum absolute atomic E-state index is 0.0885. The molecule has 6 nitrogen and oxygen atoms in total. The van der Waals surface area contributed by atoms with Gasteiger partial charge in [-0.15, -0.1) is 0 Å². The number of alkyl halides is 3. The Bertz CT molecular complexity index is 1830. The van der Waals surface area contributed by atoms with Crippen molar-refractivity contribution in [2.24, 2.45) is 11.8 Å². The molecule has 0 unspecified atom stereocenters. The number of nitriles is 1. The van der Waals surface area contributed by atoms with E-state index in [0.717, 1.165) is 28.8 Å². The summed E-state index contributed by atoms with van der Waals surface area (Å²) in [6, 6.07) is 33.7. The Morgan fingerprint density at radius 1 is 0.875 bits per heavy atom. The number of carbonyl (C=O) groups excluding carboxylic acids is 1. The van der Waals surface area contributed by atoms with E-state index in [-0.39, 0.29) is 23.9 Å². The molecule has 1 N–H and O–H groups in total. The molecular weight excluding hydrogens is 705 g/mol. The fourth-order valence-electron chi connectivity index (χ4n) is 6.70. The van der Waals surface area contributed by atoms with Crippen LogP contribution in [0.5, 0.6) is 0 Å². The zero-order chi connectivity index (χ0) is 34.2. The van der Waals surface area contributed by atoms with Crippen LogP contribution < -0.4 is 5.32 Å². The molecule has 0 saturated heterocycles. The van der Waals surface area contributed by atoms with Gasteiger partial charge in [0.1, 0.15) is 11.1 Å². The number of nitrogens with zero attached hydrogens (tertiary/aromatic N) is 1. The van der Waals surface area contributed by atoms with E-state index in [1.54, 1.807) is 0 Å². The van der Waals surface area contributed by atoms with Crippen molar-refractivity contribution in [3.05, 3.63) is 136 Å². The standard InChI is InChI=1S/C37H32BrF3N2O4S/c38-29-16-17-33(32(21-29)37(39,40)41)48(45,46)30-20-25(31(22-30)34(44)43-35(24-42)18-19-35)23-47-36(26-10-4-1-5-11-26,27-12-6-2-7-13-27)28-14-8-3-9-15-28/h1-17,21,25,30-31H,18-20,22-23H2,(H,43,44)/t25-,30-,31+/m0/s1. The lowest BCUT2D eigenvalue weighted by molar-refractivity contribution is -0.140. The summed E-state index contributed by atoms with van der Waals surface area (Å²) in [5, 5.41) is 11.2. The smallest absolute Gasteiger partial charge is 0.361 e. The molecule has 2 saturated carbocycles. The lowest BCUT2D eigenvalue weighted by atomic mass is 9.80. The van der Waals surface area contributed by atoms with E-state index in [0.29, 0.717) is 12.8 Å². The predicted octanol–water partition coefficient (Wildman–Crippen LogP) is 7.82. The van der Waals surface area contributed by atoms with Gasteiger partial charge in [0.15, 0.2) is 9.84 Å². The van der Waals surface area contributed by atoms with Gasteiger partial charge in [-0.2, -0.15) is 18.4 Å². The molecule has 0 aromatic heterocycles. The minimum atomic E-state index is -4.92. The molecule has 3 atom stereocenters. The number of benzene rings is 4. The van der Waals surface area contributed by atoms with Crippen LogP contribution in [0, 0.1) is 23.2 Å². The van der Waals surface area contributed by atoms with E-state index in [1.165, 1.54) is 6.07 Å². The maximum Gasteiger partial charge on any atom is 0.417 e. The number of amides is 1. The number of hydrogen-bond acceptors (Lipinski definition) is 5. The molecule has 2 fully saturated rings. The molecule has 11 heteroatoms. The first-order valence-electron chi connectivity index (χ1n) is 15.5. The first-order chi connectivity index (χ1) is 22.9. The summed E-state index contributed by atoms with van der Waals surface area (Å²) in [6.45, 7) is -0.0885. The second-order valence-corrected chi connectivity index (χ2v) is 15.5. The van der Waals surface area contributed by atoms with E-state index in [4.69, 9.17) is 4.74 Å². The summed E-state index contributed by atoms with van der Waals surface area (Å²) in [5.74, 6) is -2.13. The normalized spacial score (nSPS) is 20.5. The summed E-state index contributed by atoms with van der Waals surface area (Å²) in [5.41, 5.74) is -1.04. The first-order valence-corrected chi connectivity index (χ1v) is 17.9. The number of ether oxygens (including phenoxy) is 1. The van der Waals surface area contributed by atoms with Crippen LogP contribution in [-0.4, -0.2) is 31.7 Å². The molecule has 0 aliphatic heterocycles. The highest BCUT2D eigenvalue weighted by Gasteiger charge is 2.51. The fraction of sp³-hybridized carbons (Fsp3) is 0.297. The van der Waals surface area contributed by atoms with Crippen molar-refractivity contribution in [2.45, 2.75) is 53.1 Å². The fourth-order valence-corrected chi connectivity index (χ4v) is 9.12. The highest BCUT2D eigenvalue weighted by molar-refractivity contribution is 9.10. The van der Waals surface area contributed by atoms with Crippen molar-refractivity contribution in [3.63, 3.8) is 0 Å². The lowest BCUT2D eigenvalue weighted by Crippen LogP contribution is -2.42. The van der Waals surface area contributed by atoms with Crippen molar-refractivity contribution in [3.8, 4) is 6.07 Å². The number of halogens is 4. The van der Waals surface area contributed by atoms with Crippen molar-refractivity contribution in [1.29, 1.82) is 5.26 Å². The van der Waals surface area contributed by atoms with Gasteiger partial charge in [0, 0.05) is 10.4 Å². The average molecular weight is 738 g/mol. The molecule has 48 heavy (non-hydrogen) atoms. The van der Waals surface area contributed by atoms with E-state index in [9.17, 15) is 31.6 Å². The van der Waals surface area contributed by atoms with Gasteiger partial charge in [0.05, 0.1) is 28.4 Å². The molecule has 6 rings (SSSR count). The second kappa shape index (κ2) is 13.1. The molecule has 2 aliphatic carbocycles. The molecule has 0 heterocycles. The second-order valence-electron chi connectivity index (χ2n) is 12.4. The molecule has 2 aliphatic rings. The van der Waals surface area contributed by atoms with Crippen LogP contribution in [0.4, 0.5) is 13.2 Å². The zero-order valence-corrected chi connectivity index (χ0v) is 28.1. The topological polar surface area (TPSA) is 96.3 Å². The van der Waals surface area contributed by atoms with Crippen LogP contribution >= 0.6 is 15.9 Å². The van der Waals surface area contributed by atoms with Crippen LogP contribution in [0.15, 0.2) is 119 Å². The Labute approximate surface area is 286 Å². The third-order valence-corrected chi connectivity index (χ3v) is 12.1. The average Bonchev–Trinajstić information content (AvgIpc) is 3.72. The quantitative estimate of drug-likeness (QED) is 0.168. The van der Waals surface area contributed by atoms with E-state index < -0.39 is 60.6 Å². The molecule has 1 amide bonds. The number of carbonyl (C=O) groups is 1. The Balaban J connectivity index is 1.40. The van der Waals surface area contributed by atoms with Gasteiger partial charge in [-0.1, -0.05) is 107 Å². The predicted molar refractivity (Wildman–Crippen MR) is 177 cm³/mol. The van der Waals surface area contributed by atoms with E-state index >= 15 is 0 Å². The van der Waals surface area contributed by atoms with Crippen molar-refractivity contribution >= 4 is 31.7 Å². The van der Waals surface area contributed by atoms with Crippen molar-refractivity contribution < 1.29 is 31.1 Å². The molecule has 248 valence electrons. The lowest BCUT2D eigenvalue weighted by Gasteiger charge is -2.37. The van der Waals surface area contributed by atoms with Gasteiger partial charge in [-0.05, 0) is 66.5 Å². The molecule has 4 aromatic rings. The van der Waals surface area contributed by atoms with Crippen LogP contribution in [0.1, 0.15) is 47.9 Å². The number of hydrogen-bond donors (Lipinski definition) is 1. The third-order valence-electron chi connectivity index (χ3n) is 9.36. The highest BCUT2D eigenvalue weighted by Crippen LogP contribution is 2.46. The maximum atomic E-state index is 14.1. The van der Waals surface area contributed by atoms with Crippen molar-refractivity contribution in [1.82, 2.24) is 5.32 Å². The Hall–Kier alpha value is -3.98. The van der Waals surface area contributed by atoms with Gasteiger partial charge in [-0.3, -0.25) is 4.79 Å². The van der Waals surface area contributed by atoms with Gasteiger partial charge >= 0.3 is 6.18 Å². The van der Waals surface area contributed by atoms with Gasteiger partial charge in [0.25, 0.3) is 0 Å². The summed E-state index contributed by atoms with van der Waals surface area (Å²) in [7, 11) is -4.55. The van der Waals surface area contributed by atoms with Gasteiger partial charge in [-0.25, -0.2) is 8.42 Å². The number of sulfone groups is 1. The summed E-state index contributed by atoms with van der Waals surface area (Å²) in [4.78, 5) is 13.0. The number of nitrogens with one attached hydrogen (secondary N) is 1. The highest BCUT2D eigenvalue weighted by atomic mass is 79.9. The molecular formula is C37H32BrF3N2O4S. The van der Waals surface area contributed by atoms with Crippen LogP contribution in [0.2, 0.25) is 0 Å². The van der Waals surface area contributed by atoms with Gasteiger partial charge < -0.3 is 10.1 Å². The van der Waals surface area contributed by atoms with Crippen molar-refractivity contribution in [2.75, 3.05) is 6.61 Å². The van der Waals surface area contributed by atoms with Gasteiger partial charge in [0.2, 0.25) is 5.91 Å². The minimum Gasteiger partial charge on any atom is -0.361 e. The summed E-state index contributed by atoms with van der Waals surface area (Å²) < 4.78 is 77.3. The van der Waals surface area contributed by atoms with Crippen LogP contribution in [0.3, 0.4) is 0 Å². The molecule has 0 bridgehead atoms. The van der Waals surface area contributed by atoms with Crippen LogP contribution in [-0.2, 0) is 31.1 Å². The largest absolute Gasteiger partial charge is 0.417 e. The maximum absolute atomic E-state index is 14.1. The Kier molecular flexibility index (Phi) is 9.28. The number of rotatable bonds is 10.